The standard InChI is InChI=1S/C35H46N2O5/c1-36(27-31-15-6-2-7-16-31,28-32-17-8-3-9-18-32)25-26-40-35(39)42-30-41-34(38)21-14-24-37(22-12-5-13-23-37)29-33-19-10-4-11-20-33/h2-4,6-11,15-20H,5,12-14,21-30H2,1H3/q+2. The fourth-order valence-corrected chi connectivity index (χ4v) is 6.04. The van der Waals surface area contributed by atoms with Gasteiger partial charge in [-0.3, -0.25) is 4.79 Å². The van der Waals surface area contributed by atoms with E-state index in [2.05, 4.69) is 55.6 Å². The van der Waals surface area contributed by atoms with Crippen molar-refractivity contribution in [2.24, 2.45) is 0 Å². The Labute approximate surface area is 250 Å². The van der Waals surface area contributed by atoms with Crippen LogP contribution in [0.15, 0.2) is 91.0 Å². The molecule has 1 aliphatic rings. The topological polar surface area (TPSA) is 61.8 Å². The summed E-state index contributed by atoms with van der Waals surface area (Å²) in [5, 5.41) is 0. The van der Waals surface area contributed by atoms with E-state index in [1.807, 2.05) is 42.5 Å². The Balaban J connectivity index is 1.16. The van der Waals surface area contributed by atoms with Crippen molar-refractivity contribution in [3.05, 3.63) is 108 Å². The number of carbonyl (C=O) groups excluding carboxylic acids is 2. The van der Waals surface area contributed by atoms with Gasteiger partial charge >= 0.3 is 12.1 Å². The molecule has 42 heavy (non-hydrogen) atoms. The van der Waals surface area contributed by atoms with Crippen LogP contribution in [0.4, 0.5) is 4.79 Å². The van der Waals surface area contributed by atoms with Crippen LogP contribution in [-0.4, -0.2) is 67.7 Å². The van der Waals surface area contributed by atoms with Gasteiger partial charge in [0.2, 0.25) is 6.79 Å². The number of hydrogen-bond donors (Lipinski definition) is 0. The van der Waals surface area contributed by atoms with E-state index in [0.717, 1.165) is 50.2 Å². The normalized spacial score (nSPS) is 14.6. The van der Waals surface area contributed by atoms with Gasteiger partial charge in [0.15, 0.2) is 0 Å². The van der Waals surface area contributed by atoms with E-state index in [1.54, 1.807) is 0 Å². The predicted molar refractivity (Wildman–Crippen MR) is 163 cm³/mol. The van der Waals surface area contributed by atoms with E-state index in [-0.39, 0.29) is 12.6 Å². The van der Waals surface area contributed by atoms with Gasteiger partial charge in [-0.2, -0.15) is 0 Å². The number of likely N-dealkylation sites (N-methyl/N-ethyl adjacent to an activating group) is 1. The van der Waals surface area contributed by atoms with Gasteiger partial charge in [-0.15, -0.1) is 0 Å². The maximum Gasteiger partial charge on any atom is 0.511 e. The lowest BCUT2D eigenvalue weighted by Crippen LogP contribution is -2.51. The molecule has 7 heteroatoms. The molecule has 3 aromatic rings. The summed E-state index contributed by atoms with van der Waals surface area (Å²) in [6.07, 6.45) is 3.96. The molecule has 0 aromatic heterocycles. The van der Waals surface area contributed by atoms with Crippen molar-refractivity contribution >= 4 is 12.1 Å². The van der Waals surface area contributed by atoms with Crippen LogP contribution < -0.4 is 0 Å². The molecule has 224 valence electrons. The number of hydrogen-bond acceptors (Lipinski definition) is 5. The molecule has 1 aliphatic heterocycles. The summed E-state index contributed by atoms with van der Waals surface area (Å²) < 4.78 is 17.3. The summed E-state index contributed by atoms with van der Waals surface area (Å²) in [6.45, 7) is 6.22. The van der Waals surface area contributed by atoms with Crippen molar-refractivity contribution in [2.75, 3.05) is 46.6 Å². The Morgan fingerprint density at radius 3 is 1.83 bits per heavy atom. The minimum Gasteiger partial charge on any atom is -0.428 e. The van der Waals surface area contributed by atoms with Crippen molar-refractivity contribution in [1.82, 2.24) is 0 Å². The molecule has 0 bridgehead atoms. The number of likely N-dealkylation sites (tertiary alicyclic amines) is 1. The molecule has 0 saturated carbocycles. The second-order valence-electron chi connectivity index (χ2n) is 11.8. The number of benzene rings is 3. The summed E-state index contributed by atoms with van der Waals surface area (Å²) in [4.78, 5) is 24.6. The summed E-state index contributed by atoms with van der Waals surface area (Å²) in [6, 6.07) is 31.2. The maximum atomic E-state index is 12.4. The van der Waals surface area contributed by atoms with Gasteiger partial charge in [-0.1, -0.05) is 91.0 Å². The average Bonchev–Trinajstić information content (AvgIpc) is 2.99. The van der Waals surface area contributed by atoms with Crippen molar-refractivity contribution in [3.8, 4) is 0 Å². The van der Waals surface area contributed by atoms with Crippen molar-refractivity contribution in [3.63, 3.8) is 0 Å². The van der Waals surface area contributed by atoms with Crippen LogP contribution in [0.3, 0.4) is 0 Å². The first-order valence-electron chi connectivity index (χ1n) is 15.2. The van der Waals surface area contributed by atoms with Gasteiger partial charge < -0.3 is 23.2 Å². The highest BCUT2D eigenvalue weighted by molar-refractivity contribution is 5.69. The van der Waals surface area contributed by atoms with Gasteiger partial charge in [0.05, 0.1) is 33.1 Å². The molecule has 4 rings (SSSR count). The monoisotopic (exact) mass is 574 g/mol. The van der Waals surface area contributed by atoms with Gasteiger partial charge in [0.1, 0.15) is 32.8 Å². The van der Waals surface area contributed by atoms with E-state index >= 15 is 0 Å². The second kappa shape index (κ2) is 16.1. The lowest BCUT2D eigenvalue weighted by Gasteiger charge is -2.41. The fraction of sp³-hybridized carbons (Fsp3) is 0.429. The lowest BCUT2D eigenvalue weighted by atomic mass is 10.0. The van der Waals surface area contributed by atoms with E-state index in [1.165, 1.54) is 36.0 Å². The van der Waals surface area contributed by atoms with Crippen molar-refractivity contribution in [1.29, 1.82) is 0 Å². The molecule has 1 heterocycles. The van der Waals surface area contributed by atoms with Crippen LogP contribution in [0.25, 0.3) is 0 Å². The summed E-state index contributed by atoms with van der Waals surface area (Å²) in [5.41, 5.74) is 3.78. The number of esters is 1. The molecule has 0 unspecified atom stereocenters. The molecule has 1 saturated heterocycles. The van der Waals surface area contributed by atoms with Crippen LogP contribution in [0.2, 0.25) is 0 Å². The Bertz CT molecular complexity index is 1170. The van der Waals surface area contributed by atoms with Crippen LogP contribution >= 0.6 is 0 Å². The minimum atomic E-state index is -0.825. The predicted octanol–water partition coefficient (Wildman–Crippen LogP) is 6.47. The molecule has 0 amide bonds. The second-order valence-corrected chi connectivity index (χ2v) is 11.8. The van der Waals surface area contributed by atoms with Crippen molar-refractivity contribution < 1.29 is 32.8 Å². The quantitative estimate of drug-likeness (QED) is 0.118. The maximum absolute atomic E-state index is 12.4. The summed E-state index contributed by atoms with van der Waals surface area (Å²) in [5.74, 6) is -0.354. The SMILES string of the molecule is C[N+](CCOC(=O)OCOC(=O)CCC[N+]1(Cc2ccccc2)CCCCC1)(Cc1ccccc1)Cc1ccccc1. The molecule has 0 radical (unpaired) electrons. The van der Waals surface area contributed by atoms with Crippen molar-refractivity contribution in [2.45, 2.75) is 51.7 Å². The van der Waals surface area contributed by atoms with E-state index in [4.69, 9.17) is 14.2 Å². The number of ether oxygens (including phenoxy) is 3. The van der Waals surface area contributed by atoms with Gasteiger partial charge in [-0.05, 0) is 19.3 Å². The van der Waals surface area contributed by atoms with Crippen LogP contribution in [0, 0.1) is 0 Å². The molecular formula is C35H46N2O5+2. The first kappa shape index (κ1) is 31.3. The van der Waals surface area contributed by atoms with E-state index in [9.17, 15) is 9.59 Å². The number of carbonyl (C=O) groups is 2. The zero-order valence-electron chi connectivity index (χ0n) is 25.0. The molecule has 1 fully saturated rings. The third-order valence-corrected chi connectivity index (χ3v) is 8.20. The zero-order chi connectivity index (χ0) is 29.5. The highest BCUT2D eigenvalue weighted by Crippen LogP contribution is 2.24. The molecule has 0 spiro atoms. The summed E-state index contributed by atoms with van der Waals surface area (Å²) in [7, 11) is 2.16. The fourth-order valence-electron chi connectivity index (χ4n) is 6.04. The average molecular weight is 575 g/mol. The van der Waals surface area contributed by atoms with Gasteiger partial charge in [0.25, 0.3) is 0 Å². The summed E-state index contributed by atoms with van der Waals surface area (Å²) >= 11 is 0. The van der Waals surface area contributed by atoms with Crippen LogP contribution in [0.1, 0.15) is 48.8 Å². The number of nitrogens with zero attached hydrogens (tertiary/aromatic N) is 2. The van der Waals surface area contributed by atoms with Gasteiger partial charge in [0, 0.05) is 23.1 Å². The first-order valence-corrected chi connectivity index (χ1v) is 15.2. The Hall–Kier alpha value is -3.68. The molecule has 0 aliphatic carbocycles. The molecule has 0 N–H and O–H groups in total. The Kier molecular flexibility index (Phi) is 12.0. The lowest BCUT2D eigenvalue weighted by molar-refractivity contribution is -0.945. The van der Waals surface area contributed by atoms with Gasteiger partial charge in [-0.25, -0.2) is 4.79 Å². The minimum absolute atomic E-state index is 0.199. The third-order valence-electron chi connectivity index (χ3n) is 8.20. The first-order chi connectivity index (χ1) is 20.4. The van der Waals surface area contributed by atoms with E-state index < -0.39 is 12.9 Å². The largest absolute Gasteiger partial charge is 0.511 e. The Morgan fingerprint density at radius 2 is 1.26 bits per heavy atom. The Morgan fingerprint density at radius 1 is 0.714 bits per heavy atom. The molecule has 3 aromatic carbocycles. The smallest absolute Gasteiger partial charge is 0.428 e. The zero-order valence-corrected chi connectivity index (χ0v) is 25.0. The number of piperidine rings is 1. The number of quaternary nitrogens is 2. The number of rotatable bonds is 15. The molecule has 0 atom stereocenters. The molecule has 7 nitrogen and oxygen atoms in total. The highest BCUT2D eigenvalue weighted by atomic mass is 16.8. The third kappa shape index (κ3) is 10.6. The van der Waals surface area contributed by atoms with E-state index in [0.29, 0.717) is 17.4 Å². The van der Waals surface area contributed by atoms with Crippen LogP contribution in [-0.2, 0) is 38.6 Å². The molecular weight excluding hydrogens is 528 g/mol. The van der Waals surface area contributed by atoms with Crippen LogP contribution in [0.5, 0.6) is 0 Å². The highest BCUT2D eigenvalue weighted by Gasteiger charge is 2.30.